The highest BCUT2D eigenvalue weighted by Crippen LogP contribution is 2.30. The fourth-order valence-electron chi connectivity index (χ4n) is 4.92. The van der Waals surface area contributed by atoms with E-state index in [-0.39, 0.29) is 23.6 Å². The number of amides is 2. The van der Waals surface area contributed by atoms with E-state index in [1.807, 2.05) is 24.3 Å². The van der Waals surface area contributed by atoms with Crippen molar-refractivity contribution >= 4 is 11.8 Å². The first-order chi connectivity index (χ1) is 16.2. The van der Waals surface area contributed by atoms with Crippen molar-refractivity contribution in [3.8, 4) is 5.75 Å². The van der Waals surface area contributed by atoms with Crippen LogP contribution in [0, 0.1) is 0 Å². The normalized spacial score (nSPS) is 17.3. The molecule has 1 aromatic heterocycles. The molecule has 0 bridgehead atoms. The maximum absolute atomic E-state index is 13.7. The highest BCUT2D eigenvalue weighted by molar-refractivity contribution is 5.96. The number of hydrogen-bond donors (Lipinski definition) is 1. The SMILES string of the molecule is COc1cccc([C@H](C(=O)NC2CCCC2)N(CCC2=CCCCC2)C(=O)c2ccco2)c1. The molecule has 0 spiro atoms. The molecular weight excluding hydrogens is 416 g/mol. The first-order valence-corrected chi connectivity index (χ1v) is 12.1. The Hall–Kier alpha value is -3.02. The molecule has 2 aliphatic rings. The molecule has 6 nitrogen and oxygen atoms in total. The molecule has 2 aromatic rings. The summed E-state index contributed by atoms with van der Waals surface area (Å²) in [5.74, 6) is 0.485. The van der Waals surface area contributed by atoms with Gasteiger partial charge >= 0.3 is 0 Å². The van der Waals surface area contributed by atoms with Crippen molar-refractivity contribution in [3.63, 3.8) is 0 Å². The number of carbonyl (C=O) groups is 2. The summed E-state index contributed by atoms with van der Waals surface area (Å²) >= 11 is 0. The number of nitrogens with one attached hydrogen (secondary N) is 1. The number of furan rings is 1. The van der Waals surface area contributed by atoms with E-state index in [1.54, 1.807) is 24.1 Å². The van der Waals surface area contributed by atoms with Crippen molar-refractivity contribution in [2.24, 2.45) is 0 Å². The zero-order valence-corrected chi connectivity index (χ0v) is 19.4. The Bertz CT molecular complexity index is 960. The quantitative estimate of drug-likeness (QED) is 0.518. The molecule has 33 heavy (non-hydrogen) atoms. The summed E-state index contributed by atoms with van der Waals surface area (Å²) in [6.07, 6.45) is 13.3. The Labute approximate surface area is 196 Å². The number of benzene rings is 1. The molecule has 2 amide bonds. The van der Waals surface area contributed by atoms with Crippen LogP contribution < -0.4 is 10.1 Å². The van der Waals surface area contributed by atoms with Crippen LogP contribution in [0.25, 0.3) is 0 Å². The molecule has 1 heterocycles. The van der Waals surface area contributed by atoms with Gasteiger partial charge in [0.25, 0.3) is 5.91 Å². The monoisotopic (exact) mass is 450 g/mol. The van der Waals surface area contributed by atoms with Crippen LogP contribution in [-0.2, 0) is 4.79 Å². The lowest BCUT2D eigenvalue weighted by atomic mass is 9.96. The van der Waals surface area contributed by atoms with Gasteiger partial charge in [0.2, 0.25) is 5.91 Å². The molecule has 1 N–H and O–H groups in total. The summed E-state index contributed by atoms with van der Waals surface area (Å²) in [7, 11) is 1.61. The zero-order valence-electron chi connectivity index (χ0n) is 19.4. The van der Waals surface area contributed by atoms with Crippen molar-refractivity contribution in [1.29, 1.82) is 0 Å². The van der Waals surface area contributed by atoms with E-state index in [9.17, 15) is 9.59 Å². The average molecular weight is 451 g/mol. The molecule has 2 aliphatic carbocycles. The zero-order chi connectivity index (χ0) is 23.0. The van der Waals surface area contributed by atoms with Crippen LogP contribution >= 0.6 is 0 Å². The van der Waals surface area contributed by atoms with Crippen LogP contribution in [-0.4, -0.2) is 36.4 Å². The molecule has 6 heteroatoms. The van der Waals surface area contributed by atoms with Gasteiger partial charge in [0.1, 0.15) is 11.8 Å². The van der Waals surface area contributed by atoms with Gasteiger partial charge in [-0.25, -0.2) is 0 Å². The lowest BCUT2D eigenvalue weighted by molar-refractivity contribution is -0.126. The second kappa shape index (κ2) is 11.2. The predicted octanol–water partition coefficient (Wildman–Crippen LogP) is 5.42. The Balaban J connectivity index is 1.67. The number of carbonyl (C=O) groups excluding carboxylic acids is 2. The molecule has 1 atom stereocenters. The first kappa shape index (κ1) is 23.1. The van der Waals surface area contributed by atoms with Crippen molar-refractivity contribution in [1.82, 2.24) is 10.2 Å². The Morgan fingerprint density at radius 2 is 2.00 bits per heavy atom. The van der Waals surface area contributed by atoms with Gasteiger partial charge < -0.3 is 19.4 Å². The van der Waals surface area contributed by atoms with E-state index in [1.165, 1.54) is 24.7 Å². The number of ether oxygens (including phenoxy) is 1. The second-order valence-corrected chi connectivity index (χ2v) is 9.00. The second-order valence-electron chi connectivity index (χ2n) is 9.00. The summed E-state index contributed by atoms with van der Waals surface area (Å²) in [6, 6.07) is 10.2. The molecule has 176 valence electrons. The smallest absolute Gasteiger partial charge is 0.290 e. The lowest BCUT2D eigenvalue weighted by Gasteiger charge is -2.32. The minimum atomic E-state index is -0.762. The maximum atomic E-state index is 13.7. The van der Waals surface area contributed by atoms with Crippen molar-refractivity contribution in [2.45, 2.75) is 69.9 Å². The van der Waals surface area contributed by atoms with Crippen molar-refractivity contribution in [2.75, 3.05) is 13.7 Å². The van der Waals surface area contributed by atoms with Crippen LogP contribution in [0.3, 0.4) is 0 Å². The van der Waals surface area contributed by atoms with E-state index in [0.717, 1.165) is 50.5 Å². The fourth-order valence-corrected chi connectivity index (χ4v) is 4.92. The Morgan fingerprint density at radius 1 is 1.15 bits per heavy atom. The topological polar surface area (TPSA) is 71.8 Å². The summed E-state index contributed by atoms with van der Waals surface area (Å²) in [5.41, 5.74) is 2.10. The summed E-state index contributed by atoms with van der Waals surface area (Å²) in [6.45, 7) is 0.450. The van der Waals surface area contributed by atoms with Gasteiger partial charge in [-0.1, -0.05) is 36.6 Å². The first-order valence-electron chi connectivity index (χ1n) is 12.1. The van der Waals surface area contributed by atoms with Crippen LogP contribution in [0.15, 0.2) is 58.7 Å². The molecule has 1 saturated carbocycles. The number of allylic oxidation sites excluding steroid dienone is 1. The summed E-state index contributed by atoms with van der Waals surface area (Å²) in [5, 5.41) is 3.21. The van der Waals surface area contributed by atoms with Crippen LogP contribution in [0.1, 0.15) is 79.9 Å². The largest absolute Gasteiger partial charge is 0.497 e. The van der Waals surface area contributed by atoms with Gasteiger partial charge in [-0.05, 0) is 74.8 Å². The third kappa shape index (κ3) is 5.86. The van der Waals surface area contributed by atoms with Crippen molar-refractivity contribution < 1.29 is 18.7 Å². The number of methoxy groups -OCH3 is 1. The van der Waals surface area contributed by atoms with Crippen LogP contribution in [0.4, 0.5) is 0 Å². The van der Waals surface area contributed by atoms with Crippen LogP contribution in [0.2, 0.25) is 0 Å². The number of rotatable bonds is 9. The van der Waals surface area contributed by atoms with Gasteiger partial charge in [0.05, 0.1) is 13.4 Å². The minimum absolute atomic E-state index is 0.146. The van der Waals surface area contributed by atoms with Gasteiger partial charge in [-0.2, -0.15) is 0 Å². The highest BCUT2D eigenvalue weighted by Gasteiger charge is 2.34. The van der Waals surface area contributed by atoms with E-state index in [0.29, 0.717) is 12.3 Å². The number of nitrogens with zero attached hydrogens (tertiary/aromatic N) is 1. The lowest BCUT2D eigenvalue weighted by Crippen LogP contribution is -2.46. The molecule has 0 aliphatic heterocycles. The van der Waals surface area contributed by atoms with E-state index >= 15 is 0 Å². The van der Waals surface area contributed by atoms with Gasteiger partial charge in [0.15, 0.2) is 5.76 Å². The Morgan fingerprint density at radius 3 is 2.70 bits per heavy atom. The molecule has 4 rings (SSSR count). The summed E-state index contributed by atoms with van der Waals surface area (Å²) in [4.78, 5) is 28.9. The standard InChI is InChI=1S/C27H34N2O4/c1-32-23-14-7-11-21(19-23)25(26(30)28-22-12-5-6-13-22)29(27(31)24-15-8-18-33-24)17-16-20-9-3-2-4-10-20/h7-9,11,14-15,18-19,22,25H,2-6,10,12-13,16-17H2,1H3,(H,28,30)/t25-/m1/s1. The Kier molecular flexibility index (Phi) is 7.87. The molecular formula is C27H34N2O4. The molecule has 0 radical (unpaired) electrons. The predicted molar refractivity (Wildman–Crippen MR) is 127 cm³/mol. The molecule has 1 aromatic carbocycles. The third-order valence-electron chi connectivity index (χ3n) is 6.72. The average Bonchev–Trinajstić information content (AvgIpc) is 3.56. The molecule has 0 saturated heterocycles. The number of hydrogen-bond acceptors (Lipinski definition) is 4. The van der Waals surface area contributed by atoms with Gasteiger partial charge in [0, 0.05) is 12.6 Å². The molecule has 0 unspecified atom stereocenters. The van der Waals surface area contributed by atoms with Crippen molar-refractivity contribution in [3.05, 3.63) is 65.6 Å². The van der Waals surface area contributed by atoms with E-state index in [2.05, 4.69) is 11.4 Å². The molecule has 1 fully saturated rings. The van der Waals surface area contributed by atoms with E-state index < -0.39 is 6.04 Å². The van der Waals surface area contributed by atoms with Crippen LogP contribution in [0.5, 0.6) is 5.75 Å². The maximum Gasteiger partial charge on any atom is 0.290 e. The highest BCUT2D eigenvalue weighted by atomic mass is 16.5. The fraction of sp³-hybridized carbons (Fsp3) is 0.481. The minimum Gasteiger partial charge on any atom is -0.497 e. The summed E-state index contributed by atoms with van der Waals surface area (Å²) < 4.78 is 10.9. The van der Waals surface area contributed by atoms with Gasteiger partial charge in [-0.15, -0.1) is 0 Å². The van der Waals surface area contributed by atoms with Gasteiger partial charge in [-0.3, -0.25) is 9.59 Å². The van der Waals surface area contributed by atoms with E-state index in [4.69, 9.17) is 9.15 Å². The third-order valence-corrected chi connectivity index (χ3v) is 6.72.